The van der Waals surface area contributed by atoms with Crippen LogP contribution in [0.3, 0.4) is 0 Å². The Morgan fingerprint density at radius 2 is 2.17 bits per heavy atom. The van der Waals surface area contributed by atoms with E-state index in [1.165, 1.54) is 0 Å². The number of halogens is 1. The van der Waals surface area contributed by atoms with Crippen molar-refractivity contribution >= 4 is 15.9 Å². The molecule has 0 aliphatic heterocycles. The highest BCUT2D eigenvalue weighted by Crippen LogP contribution is 2.29. The molecule has 0 bridgehead atoms. The molecule has 0 aromatic heterocycles. The van der Waals surface area contributed by atoms with Crippen molar-refractivity contribution in [2.45, 2.75) is 38.2 Å². The predicted octanol–water partition coefficient (Wildman–Crippen LogP) is 4.63. The molecule has 0 saturated heterocycles. The summed E-state index contributed by atoms with van der Waals surface area (Å²) >= 11 is 3.43. The van der Waals surface area contributed by atoms with Gasteiger partial charge in [-0.2, -0.15) is 0 Å². The van der Waals surface area contributed by atoms with Gasteiger partial charge in [0.1, 0.15) is 5.75 Å². The third-order valence-electron chi connectivity index (χ3n) is 2.95. The van der Waals surface area contributed by atoms with E-state index in [0.717, 1.165) is 47.9 Å². The SMILES string of the molecule is C=CCCCCCC(O)c1ccc(OC)c(Br)c1. The molecule has 100 valence electrons. The standard InChI is InChI=1S/C15H21BrO2/c1-3-4-5-6-7-8-14(17)12-9-10-15(18-2)13(16)11-12/h3,9-11,14,17H,1,4-8H2,2H3. The van der Waals surface area contributed by atoms with Crippen LogP contribution in [0.5, 0.6) is 5.75 Å². The van der Waals surface area contributed by atoms with Crippen molar-refractivity contribution in [1.82, 2.24) is 0 Å². The van der Waals surface area contributed by atoms with Crippen molar-refractivity contribution in [2.24, 2.45) is 0 Å². The van der Waals surface area contributed by atoms with Gasteiger partial charge in [0.2, 0.25) is 0 Å². The molecule has 1 atom stereocenters. The molecule has 1 N–H and O–H groups in total. The minimum atomic E-state index is -0.393. The van der Waals surface area contributed by atoms with E-state index < -0.39 is 6.10 Å². The first-order chi connectivity index (χ1) is 8.69. The van der Waals surface area contributed by atoms with Crippen molar-refractivity contribution in [3.05, 3.63) is 40.9 Å². The molecule has 0 aliphatic rings. The van der Waals surface area contributed by atoms with Crippen molar-refractivity contribution in [3.63, 3.8) is 0 Å². The van der Waals surface area contributed by atoms with E-state index in [1.807, 2.05) is 24.3 Å². The Balaban J connectivity index is 2.43. The molecule has 0 heterocycles. The topological polar surface area (TPSA) is 29.5 Å². The summed E-state index contributed by atoms with van der Waals surface area (Å²) in [5, 5.41) is 10.1. The summed E-state index contributed by atoms with van der Waals surface area (Å²) in [6, 6.07) is 5.71. The van der Waals surface area contributed by atoms with Crippen molar-refractivity contribution < 1.29 is 9.84 Å². The number of hydrogen-bond acceptors (Lipinski definition) is 2. The maximum absolute atomic E-state index is 10.1. The maximum Gasteiger partial charge on any atom is 0.133 e. The molecule has 0 aliphatic carbocycles. The minimum absolute atomic E-state index is 0.393. The van der Waals surface area contributed by atoms with Crippen LogP contribution >= 0.6 is 15.9 Å². The quantitative estimate of drug-likeness (QED) is 0.560. The van der Waals surface area contributed by atoms with Crippen LogP contribution in [0.4, 0.5) is 0 Å². The second kappa shape index (κ2) is 8.33. The van der Waals surface area contributed by atoms with Crippen LogP contribution in [0.2, 0.25) is 0 Å². The summed E-state index contributed by atoms with van der Waals surface area (Å²) in [4.78, 5) is 0. The third-order valence-corrected chi connectivity index (χ3v) is 3.57. The van der Waals surface area contributed by atoms with E-state index in [0.29, 0.717) is 0 Å². The van der Waals surface area contributed by atoms with Crippen LogP contribution in [0, 0.1) is 0 Å². The van der Waals surface area contributed by atoms with Crippen LogP contribution in [-0.4, -0.2) is 12.2 Å². The van der Waals surface area contributed by atoms with Gasteiger partial charge < -0.3 is 9.84 Å². The van der Waals surface area contributed by atoms with Gasteiger partial charge in [-0.15, -0.1) is 6.58 Å². The zero-order valence-corrected chi connectivity index (χ0v) is 12.4. The van der Waals surface area contributed by atoms with Crippen molar-refractivity contribution in [2.75, 3.05) is 7.11 Å². The van der Waals surface area contributed by atoms with Gasteiger partial charge in [-0.05, 0) is 52.9 Å². The second-order valence-corrected chi connectivity index (χ2v) is 5.19. The molecule has 2 nitrogen and oxygen atoms in total. The summed E-state index contributed by atoms with van der Waals surface area (Å²) in [7, 11) is 1.63. The zero-order chi connectivity index (χ0) is 13.4. The first-order valence-corrected chi connectivity index (χ1v) is 7.10. The largest absolute Gasteiger partial charge is 0.496 e. The predicted molar refractivity (Wildman–Crippen MR) is 78.9 cm³/mol. The number of rotatable bonds is 8. The molecule has 0 amide bonds. The fourth-order valence-electron chi connectivity index (χ4n) is 1.86. The summed E-state index contributed by atoms with van der Waals surface area (Å²) in [5.41, 5.74) is 0.936. The monoisotopic (exact) mass is 312 g/mol. The molecule has 0 fully saturated rings. The molecule has 18 heavy (non-hydrogen) atoms. The van der Waals surface area contributed by atoms with Gasteiger partial charge >= 0.3 is 0 Å². The van der Waals surface area contributed by atoms with Gasteiger partial charge in [-0.1, -0.05) is 25.0 Å². The molecular weight excluding hydrogens is 292 g/mol. The molecule has 0 spiro atoms. The summed E-state index contributed by atoms with van der Waals surface area (Å²) in [5.74, 6) is 0.789. The summed E-state index contributed by atoms with van der Waals surface area (Å²) < 4.78 is 6.05. The fraction of sp³-hybridized carbons (Fsp3) is 0.467. The molecular formula is C15H21BrO2. The molecule has 0 saturated carbocycles. The van der Waals surface area contributed by atoms with Crippen LogP contribution in [0.15, 0.2) is 35.3 Å². The van der Waals surface area contributed by atoms with Gasteiger partial charge in [0.15, 0.2) is 0 Å². The Bertz CT molecular complexity index is 377. The number of allylic oxidation sites excluding steroid dienone is 1. The Morgan fingerprint density at radius 3 is 2.78 bits per heavy atom. The average Bonchev–Trinajstić information content (AvgIpc) is 2.38. The molecule has 0 radical (unpaired) electrons. The Hall–Kier alpha value is -0.800. The Morgan fingerprint density at radius 1 is 1.39 bits per heavy atom. The van der Waals surface area contributed by atoms with Gasteiger partial charge in [0, 0.05) is 0 Å². The average molecular weight is 313 g/mol. The summed E-state index contributed by atoms with van der Waals surface area (Å²) in [6.45, 7) is 3.70. The van der Waals surface area contributed by atoms with E-state index in [4.69, 9.17) is 4.74 Å². The van der Waals surface area contributed by atoms with Gasteiger partial charge in [-0.3, -0.25) is 0 Å². The van der Waals surface area contributed by atoms with Crippen LogP contribution in [0.25, 0.3) is 0 Å². The lowest BCUT2D eigenvalue weighted by Crippen LogP contribution is -1.98. The highest BCUT2D eigenvalue weighted by atomic mass is 79.9. The Kier molecular flexibility index (Phi) is 7.06. The molecule has 1 aromatic rings. The van der Waals surface area contributed by atoms with E-state index in [9.17, 15) is 5.11 Å². The number of unbranched alkanes of at least 4 members (excludes halogenated alkanes) is 3. The van der Waals surface area contributed by atoms with Crippen LogP contribution < -0.4 is 4.74 Å². The first-order valence-electron chi connectivity index (χ1n) is 6.31. The summed E-state index contributed by atoms with van der Waals surface area (Å²) in [6.07, 6.45) is 6.74. The minimum Gasteiger partial charge on any atom is -0.496 e. The highest BCUT2D eigenvalue weighted by molar-refractivity contribution is 9.10. The maximum atomic E-state index is 10.1. The molecule has 3 heteroatoms. The van der Waals surface area contributed by atoms with Gasteiger partial charge in [-0.25, -0.2) is 0 Å². The van der Waals surface area contributed by atoms with E-state index in [1.54, 1.807) is 7.11 Å². The van der Waals surface area contributed by atoms with Gasteiger partial charge in [0.25, 0.3) is 0 Å². The Labute approximate surface area is 118 Å². The van der Waals surface area contributed by atoms with Crippen LogP contribution in [-0.2, 0) is 0 Å². The normalized spacial score (nSPS) is 12.2. The number of ether oxygens (including phenoxy) is 1. The van der Waals surface area contributed by atoms with E-state index >= 15 is 0 Å². The lowest BCUT2D eigenvalue weighted by atomic mass is 10.0. The van der Waals surface area contributed by atoms with E-state index in [2.05, 4.69) is 22.5 Å². The number of aliphatic hydroxyl groups is 1. The van der Waals surface area contributed by atoms with Crippen LogP contribution in [0.1, 0.15) is 43.8 Å². The smallest absolute Gasteiger partial charge is 0.133 e. The first kappa shape index (κ1) is 15.3. The fourth-order valence-corrected chi connectivity index (χ4v) is 2.42. The molecule has 1 rings (SSSR count). The number of methoxy groups -OCH3 is 1. The molecule has 1 unspecified atom stereocenters. The lowest BCUT2D eigenvalue weighted by molar-refractivity contribution is 0.163. The van der Waals surface area contributed by atoms with Crippen molar-refractivity contribution in [1.29, 1.82) is 0 Å². The lowest BCUT2D eigenvalue weighted by Gasteiger charge is -2.12. The zero-order valence-electron chi connectivity index (χ0n) is 10.9. The third kappa shape index (κ3) is 4.83. The second-order valence-electron chi connectivity index (χ2n) is 4.34. The number of benzene rings is 1. The van der Waals surface area contributed by atoms with E-state index in [-0.39, 0.29) is 0 Å². The number of hydrogen-bond donors (Lipinski definition) is 1. The highest BCUT2D eigenvalue weighted by Gasteiger charge is 2.09. The number of aliphatic hydroxyl groups excluding tert-OH is 1. The van der Waals surface area contributed by atoms with Gasteiger partial charge in [0.05, 0.1) is 17.7 Å². The van der Waals surface area contributed by atoms with Crippen molar-refractivity contribution in [3.8, 4) is 5.75 Å². The molecule has 1 aromatic carbocycles.